The van der Waals surface area contributed by atoms with Crippen LogP contribution in [0.25, 0.3) is 0 Å². The highest BCUT2D eigenvalue weighted by Crippen LogP contribution is 2.25. The highest BCUT2D eigenvalue weighted by atomic mass is 16.5. The number of amides is 3. The van der Waals surface area contributed by atoms with Gasteiger partial charge in [0.2, 0.25) is 5.91 Å². The number of nitrogens with one attached hydrogen (secondary N) is 2. The van der Waals surface area contributed by atoms with Gasteiger partial charge >= 0.3 is 0 Å². The Balaban J connectivity index is 1.66. The fourth-order valence-electron chi connectivity index (χ4n) is 2.93. The number of rotatable bonds is 5. The van der Waals surface area contributed by atoms with Gasteiger partial charge in [0.15, 0.2) is 0 Å². The molecule has 0 aliphatic carbocycles. The van der Waals surface area contributed by atoms with Gasteiger partial charge in [0, 0.05) is 18.5 Å². The normalized spacial score (nSPS) is 13.4. The summed E-state index contributed by atoms with van der Waals surface area (Å²) in [5.41, 5.74) is 6.08. The van der Waals surface area contributed by atoms with Crippen LogP contribution in [0.1, 0.15) is 40.5 Å². The van der Waals surface area contributed by atoms with Crippen LogP contribution in [0.15, 0.2) is 48.5 Å². The average molecular weight is 367 g/mol. The molecule has 0 radical (unpaired) electrons. The molecule has 3 amide bonds. The Morgan fingerprint density at radius 1 is 1.04 bits per heavy atom. The lowest BCUT2D eigenvalue weighted by Gasteiger charge is -2.19. The Bertz CT molecular complexity index is 849. The summed E-state index contributed by atoms with van der Waals surface area (Å²) in [7, 11) is 0. The number of hydrazine groups is 1. The average Bonchev–Trinajstić information content (AvgIpc) is 3.12. The van der Waals surface area contributed by atoms with Crippen LogP contribution in [0.2, 0.25) is 0 Å². The summed E-state index contributed by atoms with van der Waals surface area (Å²) in [6.07, 6.45) is 1.24. The van der Waals surface area contributed by atoms with E-state index in [-0.39, 0.29) is 5.91 Å². The molecule has 0 unspecified atom stereocenters. The van der Waals surface area contributed by atoms with Gasteiger partial charge in [-0.25, -0.2) is 0 Å². The maximum Gasteiger partial charge on any atom is 0.271 e. The second-order valence-electron chi connectivity index (χ2n) is 6.03. The van der Waals surface area contributed by atoms with Crippen molar-refractivity contribution in [2.75, 3.05) is 18.1 Å². The van der Waals surface area contributed by atoms with Crippen molar-refractivity contribution in [3.8, 4) is 5.75 Å². The van der Waals surface area contributed by atoms with Crippen molar-refractivity contribution in [2.45, 2.75) is 19.8 Å². The number of carbonyl (C=O) groups is 3. The molecule has 0 saturated carbocycles. The second kappa shape index (κ2) is 8.35. The Hall–Kier alpha value is -3.35. The molecule has 140 valence electrons. The maximum atomic E-state index is 12.5. The zero-order valence-electron chi connectivity index (χ0n) is 15.0. The van der Waals surface area contributed by atoms with Crippen molar-refractivity contribution in [1.82, 2.24) is 10.9 Å². The molecule has 7 nitrogen and oxygen atoms in total. The van der Waals surface area contributed by atoms with Gasteiger partial charge in [-0.3, -0.25) is 25.2 Å². The van der Waals surface area contributed by atoms with E-state index in [9.17, 15) is 14.4 Å². The van der Waals surface area contributed by atoms with Gasteiger partial charge in [-0.15, -0.1) is 0 Å². The van der Waals surface area contributed by atoms with E-state index in [0.717, 1.165) is 6.42 Å². The van der Waals surface area contributed by atoms with Gasteiger partial charge in [-0.2, -0.15) is 0 Å². The summed E-state index contributed by atoms with van der Waals surface area (Å²) >= 11 is 0. The van der Waals surface area contributed by atoms with E-state index in [0.29, 0.717) is 42.1 Å². The summed E-state index contributed by atoms with van der Waals surface area (Å²) in [6, 6.07) is 13.4. The van der Waals surface area contributed by atoms with Crippen molar-refractivity contribution >= 4 is 23.4 Å². The largest absolute Gasteiger partial charge is 0.494 e. The monoisotopic (exact) mass is 367 g/mol. The third-order valence-electron chi connectivity index (χ3n) is 4.23. The number of hydrogen-bond acceptors (Lipinski definition) is 4. The van der Waals surface area contributed by atoms with E-state index in [4.69, 9.17) is 4.74 Å². The van der Waals surface area contributed by atoms with Crippen molar-refractivity contribution in [2.24, 2.45) is 0 Å². The molecule has 2 N–H and O–H groups in total. The molecule has 2 aromatic rings. The highest BCUT2D eigenvalue weighted by molar-refractivity contribution is 6.06. The fourth-order valence-corrected chi connectivity index (χ4v) is 2.93. The first-order valence-corrected chi connectivity index (χ1v) is 8.83. The zero-order chi connectivity index (χ0) is 19.2. The van der Waals surface area contributed by atoms with Gasteiger partial charge in [0.1, 0.15) is 5.75 Å². The molecule has 1 aliphatic heterocycles. The minimum atomic E-state index is -0.482. The number of benzene rings is 2. The molecule has 2 aromatic carbocycles. The molecule has 3 rings (SSSR count). The molecular weight excluding hydrogens is 346 g/mol. The predicted molar refractivity (Wildman–Crippen MR) is 101 cm³/mol. The summed E-state index contributed by atoms with van der Waals surface area (Å²) in [4.78, 5) is 38.3. The van der Waals surface area contributed by atoms with Crippen LogP contribution in [-0.2, 0) is 4.79 Å². The van der Waals surface area contributed by atoms with E-state index in [1.54, 1.807) is 53.4 Å². The molecule has 7 heteroatoms. The SMILES string of the molecule is CCOc1ccc(C(=O)NNC(=O)c2ccccc2N2CCCC2=O)cc1. The van der Waals surface area contributed by atoms with Crippen LogP contribution in [0.5, 0.6) is 5.75 Å². The first-order valence-electron chi connectivity index (χ1n) is 8.83. The van der Waals surface area contributed by atoms with Crippen molar-refractivity contribution in [1.29, 1.82) is 0 Å². The predicted octanol–water partition coefficient (Wildman–Crippen LogP) is 2.29. The number of hydrogen-bond donors (Lipinski definition) is 2. The lowest BCUT2D eigenvalue weighted by molar-refractivity contribution is -0.117. The maximum absolute atomic E-state index is 12.5. The van der Waals surface area contributed by atoms with Crippen LogP contribution < -0.4 is 20.5 Å². The minimum absolute atomic E-state index is 0.00586. The number of para-hydroxylation sites is 1. The Kier molecular flexibility index (Phi) is 5.71. The third-order valence-corrected chi connectivity index (χ3v) is 4.23. The molecule has 0 aromatic heterocycles. The molecule has 0 bridgehead atoms. The number of ether oxygens (including phenoxy) is 1. The Labute approximate surface area is 157 Å². The van der Waals surface area contributed by atoms with Crippen molar-refractivity contribution in [3.63, 3.8) is 0 Å². The molecule has 1 heterocycles. The molecule has 0 atom stereocenters. The minimum Gasteiger partial charge on any atom is -0.494 e. The van der Waals surface area contributed by atoms with Crippen molar-refractivity contribution < 1.29 is 19.1 Å². The molecule has 0 spiro atoms. The van der Waals surface area contributed by atoms with Gasteiger partial charge in [-0.1, -0.05) is 12.1 Å². The quantitative estimate of drug-likeness (QED) is 0.794. The summed E-state index contributed by atoms with van der Waals surface area (Å²) in [5.74, 6) is -0.262. The number of anilines is 1. The van der Waals surface area contributed by atoms with Gasteiger partial charge in [-0.05, 0) is 49.7 Å². The molecule has 27 heavy (non-hydrogen) atoms. The van der Waals surface area contributed by atoms with Crippen LogP contribution in [-0.4, -0.2) is 30.9 Å². The Morgan fingerprint density at radius 3 is 2.41 bits per heavy atom. The lowest BCUT2D eigenvalue weighted by atomic mass is 10.1. The topological polar surface area (TPSA) is 87.7 Å². The van der Waals surface area contributed by atoms with Crippen LogP contribution in [0.3, 0.4) is 0 Å². The highest BCUT2D eigenvalue weighted by Gasteiger charge is 2.25. The number of carbonyl (C=O) groups excluding carboxylic acids is 3. The van der Waals surface area contributed by atoms with E-state index >= 15 is 0 Å². The zero-order valence-corrected chi connectivity index (χ0v) is 15.0. The third kappa shape index (κ3) is 4.25. The standard InChI is InChI=1S/C20H21N3O4/c1-2-27-15-11-9-14(10-12-15)19(25)21-22-20(26)16-6-3-4-7-17(16)23-13-5-8-18(23)24/h3-4,6-7,9-12H,2,5,8,13H2,1H3,(H,21,25)(H,22,26). The second-order valence-corrected chi connectivity index (χ2v) is 6.03. The number of nitrogens with zero attached hydrogens (tertiary/aromatic N) is 1. The van der Waals surface area contributed by atoms with Gasteiger partial charge in [0.05, 0.1) is 17.9 Å². The van der Waals surface area contributed by atoms with Gasteiger partial charge in [0.25, 0.3) is 11.8 Å². The van der Waals surface area contributed by atoms with E-state index in [1.807, 2.05) is 6.92 Å². The first kappa shape index (κ1) is 18.4. The first-order chi connectivity index (χ1) is 13.1. The van der Waals surface area contributed by atoms with Gasteiger partial charge < -0.3 is 9.64 Å². The van der Waals surface area contributed by atoms with E-state index in [1.165, 1.54) is 0 Å². The molecule has 1 saturated heterocycles. The lowest BCUT2D eigenvalue weighted by Crippen LogP contribution is -2.42. The summed E-state index contributed by atoms with van der Waals surface area (Å²) in [5, 5.41) is 0. The Morgan fingerprint density at radius 2 is 1.74 bits per heavy atom. The van der Waals surface area contributed by atoms with Crippen LogP contribution in [0, 0.1) is 0 Å². The smallest absolute Gasteiger partial charge is 0.271 e. The molecule has 1 aliphatic rings. The summed E-state index contributed by atoms with van der Waals surface area (Å²) in [6.45, 7) is 3.01. The van der Waals surface area contributed by atoms with E-state index in [2.05, 4.69) is 10.9 Å². The fraction of sp³-hybridized carbons (Fsp3) is 0.250. The summed E-state index contributed by atoms with van der Waals surface area (Å²) < 4.78 is 5.33. The molecule has 1 fully saturated rings. The molecular formula is C20H21N3O4. The van der Waals surface area contributed by atoms with Crippen LogP contribution in [0.4, 0.5) is 5.69 Å². The van der Waals surface area contributed by atoms with E-state index < -0.39 is 11.8 Å². The van der Waals surface area contributed by atoms with Crippen molar-refractivity contribution in [3.05, 3.63) is 59.7 Å². The van der Waals surface area contributed by atoms with Crippen LogP contribution >= 0.6 is 0 Å².